The molecule has 1 aliphatic carbocycles. The minimum atomic E-state index is 0.129. The van der Waals surface area contributed by atoms with Gasteiger partial charge in [0.15, 0.2) is 0 Å². The number of nitrogens with one attached hydrogen (secondary N) is 1. The van der Waals surface area contributed by atoms with Crippen molar-refractivity contribution >= 4 is 6.03 Å². The lowest BCUT2D eigenvalue weighted by Crippen LogP contribution is -2.61. The molecule has 126 valence electrons. The minimum Gasteiger partial charge on any atom is -0.375 e. The maximum atomic E-state index is 12.6. The molecule has 2 heterocycles. The number of urea groups is 1. The highest BCUT2D eigenvalue weighted by molar-refractivity contribution is 5.74. The largest absolute Gasteiger partial charge is 0.375 e. The Kier molecular flexibility index (Phi) is 4.93. The molecule has 3 fully saturated rings. The van der Waals surface area contributed by atoms with E-state index in [4.69, 9.17) is 4.74 Å². The molecule has 0 spiro atoms. The number of rotatable bonds is 1. The van der Waals surface area contributed by atoms with Gasteiger partial charge in [0, 0.05) is 25.7 Å². The quantitative estimate of drug-likeness (QED) is 0.805. The molecule has 5 nitrogen and oxygen atoms in total. The molecule has 0 aromatic carbocycles. The molecule has 5 heteroatoms. The van der Waals surface area contributed by atoms with Crippen LogP contribution in [0.15, 0.2) is 0 Å². The molecule has 5 unspecified atom stereocenters. The highest BCUT2D eigenvalue weighted by Crippen LogP contribution is 2.29. The minimum absolute atomic E-state index is 0.129. The lowest BCUT2D eigenvalue weighted by Gasteiger charge is -2.46. The van der Waals surface area contributed by atoms with E-state index in [0.717, 1.165) is 51.4 Å². The fourth-order valence-electron chi connectivity index (χ4n) is 4.17. The number of morpholine rings is 1. The summed E-state index contributed by atoms with van der Waals surface area (Å²) in [5.74, 6) is 1.50. The van der Waals surface area contributed by atoms with Crippen LogP contribution in [0.25, 0.3) is 0 Å². The van der Waals surface area contributed by atoms with Gasteiger partial charge in [0.2, 0.25) is 0 Å². The first-order valence-corrected chi connectivity index (χ1v) is 8.92. The molecule has 1 saturated carbocycles. The molecular weight excluding hydrogens is 278 g/mol. The van der Waals surface area contributed by atoms with Crippen molar-refractivity contribution in [2.45, 2.75) is 57.7 Å². The predicted molar refractivity (Wildman–Crippen MR) is 86.8 cm³/mol. The third kappa shape index (κ3) is 3.40. The highest BCUT2D eigenvalue weighted by Gasteiger charge is 2.37. The molecule has 0 radical (unpaired) electrons. The molecule has 1 N–H and O–H groups in total. The van der Waals surface area contributed by atoms with Crippen LogP contribution in [-0.2, 0) is 4.74 Å². The van der Waals surface area contributed by atoms with Crippen molar-refractivity contribution in [1.82, 2.24) is 15.1 Å². The lowest BCUT2D eigenvalue weighted by molar-refractivity contribution is -0.0883. The van der Waals surface area contributed by atoms with Gasteiger partial charge in [-0.2, -0.15) is 0 Å². The number of likely N-dealkylation sites (tertiary alicyclic amines) is 1. The summed E-state index contributed by atoms with van der Waals surface area (Å²) in [4.78, 5) is 16.9. The third-order valence-electron chi connectivity index (χ3n) is 6.08. The molecule has 0 aromatic rings. The smallest absolute Gasteiger partial charge is 0.317 e. The Morgan fingerprint density at radius 2 is 1.95 bits per heavy atom. The van der Waals surface area contributed by atoms with E-state index in [2.05, 4.69) is 31.1 Å². The van der Waals surface area contributed by atoms with Crippen LogP contribution in [0, 0.1) is 11.8 Å². The van der Waals surface area contributed by atoms with Crippen LogP contribution >= 0.6 is 0 Å². The summed E-state index contributed by atoms with van der Waals surface area (Å²) in [6.07, 6.45) is 4.74. The van der Waals surface area contributed by atoms with E-state index in [1.807, 2.05) is 4.90 Å². The molecule has 2 aliphatic heterocycles. The number of likely N-dealkylation sites (N-methyl/N-ethyl adjacent to an activating group) is 1. The fourth-order valence-corrected chi connectivity index (χ4v) is 4.17. The second kappa shape index (κ2) is 6.75. The molecule has 3 rings (SSSR count). The molecule has 5 atom stereocenters. The molecule has 0 aromatic heterocycles. The summed E-state index contributed by atoms with van der Waals surface area (Å²) in [5.41, 5.74) is 0. The van der Waals surface area contributed by atoms with Gasteiger partial charge in [-0.05, 0) is 44.6 Å². The van der Waals surface area contributed by atoms with E-state index in [0.29, 0.717) is 24.1 Å². The number of carbonyl (C=O) groups excluding carboxylic acids is 1. The number of fused-ring (bicyclic) bond motifs is 1. The van der Waals surface area contributed by atoms with Gasteiger partial charge in [-0.1, -0.05) is 13.8 Å². The Balaban J connectivity index is 1.52. The van der Waals surface area contributed by atoms with Crippen LogP contribution in [0.5, 0.6) is 0 Å². The first-order valence-electron chi connectivity index (χ1n) is 8.92. The van der Waals surface area contributed by atoms with Crippen molar-refractivity contribution in [2.75, 3.05) is 33.3 Å². The first kappa shape index (κ1) is 16.1. The lowest BCUT2D eigenvalue weighted by atomic mass is 9.79. The Hall–Kier alpha value is -0.810. The molecule has 0 bridgehead atoms. The van der Waals surface area contributed by atoms with Crippen LogP contribution in [0.4, 0.5) is 4.79 Å². The van der Waals surface area contributed by atoms with E-state index in [-0.39, 0.29) is 6.03 Å². The molecule has 2 saturated heterocycles. The summed E-state index contributed by atoms with van der Waals surface area (Å²) in [7, 11) is 2.14. The predicted octanol–water partition coefficient (Wildman–Crippen LogP) is 1.93. The van der Waals surface area contributed by atoms with Crippen LogP contribution in [0.2, 0.25) is 0 Å². The summed E-state index contributed by atoms with van der Waals surface area (Å²) in [5, 5.41) is 3.28. The SMILES string of the molecule is CC1CCC(NC(=O)N2CCC3OCCN(C)C3C2)CC1C. The number of nitrogens with zero attached hydrogens (tertiary/aromatic N) is 2. The van der Waals surface area contributed by atoms with Gasteiger partial charge in [-0.3, -0.25) is 4.90 Å². The number of hydrogen-bond acceptors (Lipinski definition) is 3. The number of hydrogen-bond donors (Lipinski definition) is 1. The average Bonchev–Trinajstić information content (AvgIpc) is 2.51. The summed E-state index contributed by atoms with van der Waals surface area (Å²) >= 11 is 0. The molecule has 22 heavy (non-hydrogen) atoms. The van der Waals surface area contributed by atoms with Crippen LogP contribution < -0.4 is 5.32 Å². The molecule has 2 amide bonds. The van der Waals surface area contributed by atoms with Gasteiger partial charge in [0.25, 0.3) is 0 Å². The fraction of sp³-hybridized carbons (Fsp3) is 0.941. The Morgan fingerprint density at radius 3 is 2.73 bits per heavy atom. The highest BCUT2D eigenvalue weighted by atomic mass is 16.5. The Labute approximate surface area is 134 Å². The first-order chi connectivity index (χ1) is 10.5. The Bertz CT molecular complexity index is 403. The molecular formula is C17H31N3O2. The normalized spacial score (nSPS) is 40.1. The second-order valence-corrected chi connectivity index (χ2v) is 7.61. The van der Waals surface area contributed by atoms with Crippen molar-refractivity contribution in [3.8, 4) is 0 Å². The molecule has 3 aliphatic rings. The third-order valence-corrected chi connectivity index (χ3v) is 6.08. The number of piperidine rings is 1. The van der Waals surface area contributed by atoms with E-state index in [9.17, 15) is 4.79 Å². The maximum Gasteiger partial charge on any atom is 0.317 e. The average molecular weight is 309 g/mol. The van der Waals surface area contributed by atoms with Gasteiger partial charge in [-0.25, -0.2) is 4.79 Å². The van der Waals surface area contributed by atoms with Crippen LogP contribution in [-0.4, -0.2) is 67.3 Å². The number of ether oxygens (including phenoxy) is 1. The van der Waals surface area contributed by atoms with Crippen molar-refractivity contribution in [2.24, 2.45) is 11.8 Å². The zero-order valence-corrected chi connectivity index (χ0v) is 14.3. The zero-order valence-electron chi connectivity index (χ0n) is 14.3. The van der Waals surface area contributed by atoms with Crippen LogP contribution in [0.3, 0.4) is 0 Å². The van der Waals surface area contributed by atoms with Gasteiger partial charge >= 0.3 is 6.03 Å². The van der Waals surface area contributed by atoms with Gasteiger partial charge in [-0.15, -0.1) is 0 Å². The van der Waals surface area contributed by atoms with E-state index >= 15 is 0 Å². The van der Waals surface area contributed by atoms with Gasteiger partial charge < -0.3 is 15.0 Å². The standard InChI is InChI=1S/C17H31N3O2/c1-12-4-5-14(10-13(12)2)18-17(21)20-7-6-16-15(11-20)19(3)8-9-22-16/h12-16H,4-11H2,1-3H3,(H,18,21). The topological polar surface area (TPSA) is 44.8 Å². The van der Waals surface area contributed by atoms with Gasteiger partial charge in [0.05, 0.1) is 18.8 Å². The Morgan fingerprint density at radius 1 is 1.14 bits per heavy atom. The van der Waals surface area contributed by atoms with E-state index < -0.39 is 0 Å². The van der Waals surface area contributed by atoms with E-state index in [1.54, 1.807) is 0 Å². The zero-order chi connectivity index (χ0) is 15.7. The van der Waals surface area contributed by atoms with Gasteiger partial charge in [0.1, 0.15) is 0 Å². The van der Waals surface area contributed by atoms with Crippen LogP contribution in [0.1, 0.15) is 39.5 Å². The summed E-state index contributed by atoms with van der Waals surface area (Å²) in [6, 6.07) is 0.847. The van der Waals surface area contributed by atoms with Crippen molar-refractivity contribution in [1.29, 1.82) is 0 Å². The summed E-state index contributed by atoms with van der Waals surface area (Å²) < 4.78 is 5.86. The number of amides is 2. The maximum absolute atomic E-state index is 12.6. The monoisotopic (exact) mass is 309 g/mol. The van der Waals surface area contributed by atoms with Crippen molar-refractivity contribution < 1.29 is 9.53 Å². The summed E-state index contributed by atoms with van der Waals surface area (Å²) in [6.45, 7) is 8.04. The van der Waals surface area contributed by atoms with E-state index in [1.165, 1.54) is 6.42 Å². The van der Waals surface area contributed by atoms with Crippen molar-refractivity contribution in [3.63, 3.8) is 0 Å². The number of carbonyl (C=O) groups is 1. The van der Waals surface area contributed by atoms with Crippen molar-refractivity contribution in [3.05, 3.63) is 0 Å². The second-order valence-electron chi connectivity index (χ2n) is 7.61.